The van der Waals surface area contributed by atoms with Gasteiger partial charge in [0.25, 0.3) is 0 Å². The standard InChI is InChI=1S/C13H11F3O3S/c1-6(12(17)18)8-5-20-10-4-7(19-2)3-9(11(8)10)13(14,15)16/h3-6H,1-2H3,(H,17,18). The fourth-order valence-corrected chi connectivity index (χ4v) is 3.07. The van der Waals surface area contributed by atoms with Crippen LogP contribution in [0.1, 0.15) is 24.0 Å². The molecule has 20 heavy (non-hydrogen) atoms. The van der Waals surface area contributed by atoms with Gasteiger partial charge in [0, 0.05) is 10.1 Å². The van der Waals surface area contributed by atoms with E-state index in [0.29, 0.717) is 4.70 Å². The molecule has 0 spiro atoms. The highest BCUT2D eigenvalue weighted by molar-refractivity contribution is 7.17. The summed E-state index contributed by atoms with van der Waals surface area (Å²) in [6.07, 6.45) is -4.57. The molecule has 7 heteroatoms. The van der Waals surface area contributed by atoms with Crippen LogP contribution < -0.4 is 4.74 Å². The zero-order valence-corrected chi connectivity index (χ0v) is 11.4. The van der Waals surface area contributed by atoms with Gasteiger partial charge in [-0.25, -0.2) is 0 Å². The largest absolute Gasteiger partial charge is 0.497 e. The van der Waals surface area contributed by atoms with Gasteiger partial charge in [0.15, 0.2) is 0 Å². The Morgan fingerprint density at radius 1 is 1.40 bits per heavy atom. The van der Waals surface area contributed by atoms with E-state index in [1.807, 2.05) is 0 Å². The van der Waals surface area contributed by atoms with Gasteiger partial charge in [0.2, 0.25) is 0 Å². The predicted molar refractivity (Wildman–Crippen MR) is 69.4 cm³/mol. The molecule has 0 fully saturated rings. The molecule has 0 radical (unpaired) electrons. The first-order valence-corrected chi connectivity index (χ1v) is 6.52. The number of alkyl halides is 3. The number of benzene rings is 1. The van der Waals surface area contributed by atoms with Crippen molar-refractivity contribution < 1.29 is 27.8 Å². The van der Waals surface area contributed by atoms with Crippen molar-refractivity contribution in [2.24, 2.45) is 0 Å². The Bertz CT molecular complexity index is 661. The molecule has 2 rings (SSSR count). The summed E-state index contributed by atoms with van der Waals surface area (Å²) in [5.74, 6) is -2.06. The second-order valence-electron chi connectivity index (χ2n) is 4.30. The first-order valence-electron chi connectivity index (χ1n) is 5.64. The van der Waals surface area contributed by atoms with Gasteiger partial charge in [-0.1, -0.05) is 0 Å². The second-order valence-corrected chi connectivity index (χ2v) is 5.21. The van der Waals surface area contributed by atoms with Gasteiger partial charge in [-0.15, -0.1) is 11.3 Å². The number of rotatable bonds is 3. The third-order valence-corrected chi connectivity index (χ3v) is 4.00. The number of carbonyl (C=O) groups is 1. The summed E-state index contributed by atoms with van der Waals surface area (Å²) in [5.41, 5.74) is -0.691. The molecule has 1 aromatic heterocycles. The smallest absolute Gasteiger partial charge is 0.417 e. The van der Waals surface area contributed by atoms with Crippen LogP contribution in [0.15, 0.2) is 17.5 Å². The van der Waals surface area contributed by atoms with E-state index in [9.17, 15) is 18.0 Å². The highest BCUT2D eigenvalue weighted by Crippen LogP contribution is 2.43. The van der Waals surface area contributed by atoms with Gasteiger partial charge in [0.05, 0.1) is 18.6 Å². The molecule has 1 atom stereocenters. The summed E-state index contributed by atoms with van der Waals surface area (Å²) in [7, 11) is 1.29. The first-order chi connectivity index (χ1) is 9.25. The van der Waals surface area contributed by atoms with Crippen molar-refractivity contribution >= 4 is 27.4 Å². The van der Waals surface area contributed by atoms with Crippen molar-refractivity contribution in [1.82, 2.24) is 0 Å². The van der Waals surface area contributed by atoms with Crippen LogP contribution in [-0.4, -0.2) is 18.2 Å². The summed E-state index contributed by atoms with van der Waals surface area (Å²) < 4.78 is 44.7. The summed E-state index contributed by atoms with van der Waals surface area (Å²) in [6, 6.07) is 2.38. The first kappa shape index (κ1) is 14.6. The fraction of sp³-hybridized carbons (Fsp3) is 0.308. The van der Waals surface area contributed by atoms with Crippen LogP contribution in [0.4, 0.5) is 13.2 Å². The summed E-state index contributed by atoms with van der Waals surface area (Å²) in [5, 5.41) is 10.4. The van der Waals surface area contributed by atoms with Crippen LogP contribution in [0.5, 0.6) is 5.75 Å². The Balaban J connectivity index is 2.79. The van der Waals surface area contributed by atoms with Crippen molar-refractivity contribution in [2.75, 3.05) is 7.11 Å². The number of carboxylic acids is 1. The molecule has 0 bridgehead atoms. The predicted octanol–water partition coefficient (Wildman–Crippen LogP) is 4.12. The van der Waals surface area contributed by atoms with E-state index in [2.05, 4.69) is 0 Å². The summed E-state index contributed by atoms with van der Waals surface area (Å²) >= 11 is 1.08. The number of hydrogen-bond donors (Lipinski definition) is 1. The number of ether oxygens (including phenoxy) is 1. The molecule has 1 N–H and O–H groups in total. The number of halogens is 3. The quantitative estimate of drug-likeness (QED) is 0.928. The average Bonchev–Trinajstić information content (AvgIpc) is 2.78. The van der Waals surface area contributed by atoms with E-state index >= 15 is 0 Å². The monoisotopic (exact) mass is 304 g/mol. The third kappa shape index (κ3) is 2.45. The number of carboxylic acid groups (broad SMARTS) is 1. The molecule has 0 aliphatic rings. The lowest BCUT2D eigenvalue weighted by Gasteiger charge is -2.13. The zero-order chi connectivity index (χ0) is 15.1. The minimum atomic E-state index is -4.57. The highest BCUT2D eigenvalue weighted by atomic mass is 32.1. The van der Waals surface area contributed by atoms with E-state index in [0.717, 1.165) is 17.4 Å². The third-order valence-electron chi connectivity index (χ3n) is 3.06. The molecule has 1 heterocycles. The maximum absolute atomic E-state index is 13.2. The lowest BCUT2D eigenvalue weighted by atomic mass is 9.97. The second kappa shape index (κ2) is 4.97. The number of fused-ring (bicyclic) bond motifs is 1. The van der Waals surface area contributed by atoms with E-state index < -0.39 is 23.6 Å². The van der Waals surface area contributed by atoms with Crippen LogP contribution in [0, 0.1) is 0 Å². The van der Waals surface area contributed by atoms with Gasteiger partial charge in [-0.05, 0) is 30.0 Å². The number of aliphatic carboxylic acids is 1. The molecule has 3 nitrogen and oxygen atoms in total. The van der Waals surface area contributed by atoms with Crippen molar-refractivity contribution in [3.05, 3.63) is 28.6 Å². The van der Waals surface area contributed by atoms with Crippen LogP contribution in [0.3, 0.4) is 0 Å². The SMILES string of the molecule is COc1cc(C(F)(F)F)c2c(C(C)C(=O)O)csc2c1. The van der Waals surface area contributed by atoms with Crippen LogP contribution in [0.25, 0.3) is 10.1 Å². The molecule has 0 saturated heterocycles. The Morgan fingerprint density at radius 2 is 2.05 bits per heavy atom. The van der Waals surface area contributed by atoms with E-state index in [1.54, 1.807) is 0 Å². The van der Waals surface area contributed by atoms with Crippen molar-refractivity contribution in [1.29, 1.82) is 0 Å². The maximum Gasteiger partial charge on any atom is 0.417 e. The molecule has 108 valence electrons. The summed E-state index contributed by atoms with van der Waals surface area (Å²) in [4.78, 5) is 11.0. The zero-order valence-electron chi connectivity index (χ0n) is 10.6. The number of thiophene rings is 1. The number of methoxy groups -OCH3 is 1. The van der Waals surface area contributed by atoms with Gasteiger partial charge in [0.1, 0.15) is 5.75 Å². The molecule has 1 aromatic carbocycles. The topological polar surface area (TPSA) is 46.5 Å². The minimum absolute atomic E-state index is 0.0572. The molecule has 0 aliphatic carbocycles. The molecular formula is C13H11F3O3S. The van der Waals surface area contributed by atoms with Gasteiger partial charge in [-0.2, -0.15) is 13.2 Å². The highest BCUT2D eigenvalue weighted by Gasteiger charge is 2.35. The fourth-order valence-electron chi connectivity index (χ4n) is 1.96. The van der Waals surface area contributed by atoms with Crippen molar-refractivity contribution in [2.45, 2.75) is 19.0 Å². The van der Waals surface area contributed by atoms with Gasteiger partial charge in [-0.3, -0.25) is 4.79 Å². The molecule has 0 saturated carbocycles. The molecule has 2 aromatic rings. The molecule has 0 amide bonds. The van der Waals surface area contributed by atoms with Crippen molar-refractivity contribution in [3.8, 4) is 5.75 Å². The minimum Gasteiger partial charge on any atom is -0.497 e. The van der Waals surface area contributed by atoms with E-state index in [1.165, 1.54) is 25.5 Å². The Kier molecular flexibility index (Phi) is 3.64. The lowest BCUT2D eigenvalue weighted by molar-refractivity contribution is -0.139. The summed E-state index contributed by atoms with van der Waals surface area (Å²) in [6.45, 7) is 1.37. The maximum atomic E-state index is 13.2. The lowest BCUT2D eigenvalue weighted by Crippen LogP contribution is -2.10. The molecule has 1 unspecified atom stereocenters. The normalized spacial score (nSPS) is 13.4. The van der Waals surface area contributed by atoms with E-state index in [4.69, 9.17) is 9.84 Å². The molecular weight excluding hydrogens is 293 g/mol. The average molecular weight is 304 g/mol. The number of hydrogen-bond acceptors (Lipinski definition) is 3. The van der Waals surface area contributed by atoms with Crippen LogP contribution in [-0.2, 0) is 11.0 Å². The van der Waals surface area contributed by atoms with Gasteiger partial charge < -0.3 is 9.84 Å². The van der Waals surface area contributed by atoms with Gasteiger partial charge >= 0.3 is 12.1 Å². The van der Waals surface area contributed by atoms with Crippen LogP contribution in [0.2, 0.25) is 0 Å². The van der Waals surface area contributed by atoms with Crippen molar-refractivity contribution in [3.63, 3.8) is 0 Å². The molecule has 0 aliphatic heterocycles. The van der Waals surface area contributed by atoms with Crippen LogP contribution >= 0.6 is 11.3 Å². The Hall–Kier alpha value is -1.76. The Morgan fingerprint density at radius 3 is 2.55 bits per heavy atom. The Labute approximate surface area is 116 Å². The van der Waals surface area contributed by atoms with E-state index in [-0.39, 0.29) is 16.7 Å².